The van der Waals surface area contributed by atoms with Gasteiger partial charge in [0.2, 0.25) is 11.9 Å². The summed E-state index contributed by atoms with van der Waals surface area (Å²) in [6.07, 6.45) is 0.420. The van der Waals surface area contributed by atoms with Gasteiger partial charge in [-0.1, -0.05) is 11.6 Å². The number of hydrogen-bond donors (Lipinski definition) is 2. The third-order valence-corrected chi connectivity index (χ3v) is 3.70. The van der Waals surface area contributed by atoms with E-state index in [0.717, 1.165) is 5.39 Å². The van der Waals surface area contributed by atoms with Crippen molar-refractivity contribution in [3.05, 3.63) is 28.9 Å². The molecule has 0 unspecified atom stereocenters. The molecule has 25 heavy (non-hydrogen) atoms. The third kappa shape index (κ3) is 4.08. The lowest BCUT2D eigenvalue weighted by Crippen LogP contribution is -2.48. The van der Waals surface area contributed by atoms with E-state index < -0.39 is 23.6 Å². The summed E-state index contributed by atoms with van der Waals surface area (Å²) in [6.45, 7) is 4.96. The summed E-state index contributed by atoms with van der Waals surface area (Å²) in [7, 11) is 1.73. The summed E-state index contributed by atoms with van der Waals surface area (Å²) in [6, 6.07) is 3.44. The van der Waals surface area contributed by atoms with Crippen molar-refractivity contribution in [1.29, 1.82) is 5.41 Å². The molecule has 1 aromatic carbocycles. The summed E-state index contributed by atoms with van der Waals surface area (Å²) in [5, 5.41) is 12.9. The van der Waals surface area contributed by atoms with Crippen molar-refractivity contribution in [3.8, 4) is 0 Å². The Balaban J connectivity index is 2.37. The average molecular weight is 366 g/mol. The maximum absolute atomic E-state index is 12.6. The Morgan fingerprint density at radius 1 is 1.40 bits per heavy atom. The Labute approximate surface area is 150 Å². The van der Waals surface area contributed by atoms with Gasteiger partial charge in [-0.15, -0.1) is 0 Å². The van der Waals surface area contributed by atoms with E-state index in [2.05, 4.69) is 5.10 Å². The first-order valence-corrected chi connectivity index (χ1v) is 7.88. The minimum atomic E-state index is -1.00. The standard InChI is InChI=1S/C16H20ClN5O3/c1-16(2,3)25-15(24)22(14(18)19)12(23)7-10-11(17)6-5-9-8-20-21(4)13(9)10/h5-6,8H,7H2,1-4H3,(H3,18,19). The second-order valence-corrected chi connectivity index (χ2v) is 6.91. The van der Waals surface area contributed by atoms with Gasteiger partial charge in [0.25, 0.3) is 0 Å². The summed E-state index contributed by atoms with van der Waals surface area (Å²) in [5.41, 5.74) is 5.75. The Morgan fingerprint density at radius 3 is 2.60 bits per heavy atom. The number of aryl methyl sites for hydroxylation is 1. The molecule has 2 aromatic rings. The van der Waals surface area contributed by atoms with E-state index in [9.17, 15) is 9.59 Å². The molecule has 0 saturated carbocycles. The highest BCUT2D eigenvalue weighted by Gasteiger charge is 2.30. The van der Waals surface area contributed by atoms with Crippen molar-refractivity contribution in [2.75, 3.05) is 0 Å². The maximum atomic E-state index is 12.6. The molecule has 1 heterocycles. The lowest BCUT2D eigenvalue weighted by molar-refractivity contribution is -0.126. The lowest BCUT2D eigenvalue weighted by atomic mass is 10.1. The van der Waals surface area contributed by atoms with Gasteiger partial charge >= 0.3 is 6.09 Å². The summed E-state index contributed by atoms with van der Waals surface area (Å²) >= 11 is 6.23. The van der Waals surface area contributed by atoms with Crippen LogP contribution in [0.1, 0.15) is 26.3 Å². The van der Waals surface area contributed by atoms with Gasteiger partial charge in [-0.3, -0.25) is 14.9 Å². The average Bonchev–Trinajstić information content (AvgIpc) is 2.81. The van der Waals surface area contributed by atoms with E-state index in [1.54, 1.807) is 50.8 Å². The van der Waals surface area contributed by atoms with E-state index in [-0.39, 0.29) is 6.42 Å². The maximum Gasteiger partial charge on any atom is 0.424 e. The van der Waals surface area contributed by atoms with Crippen molar-refractivity contribution in [3.63, 3.8) is 0 Å². The van der Waals surface area contributed by atoms with Crippen molar-refractivity contribution in [1.82, 2.24) is 14.7 Å². The number of guanidine groups is 1. The first kappa shape index (κ1) is 18.7. The van der Waals surface area contributed by atoms with Crippen LogP contribution in [-0.4, -0.2) is 38.2 Å². The van der Waals surface area contributed by atoms with Crippen LogP contribution in [0.3, 0.4) is 0 Å². The highest BCUT2D eigenvalue weighted by atomic mass is 35.5. The van der Waals surface area contributed by atoms with Crippen molar-refractivity contribution < 1.29 is 14.3 Å². The molecular formula is C16H20ClN5O3. The Hall–Kier alpha value is -2.61. The normalized spacial score (nSPS) is 11.4. The number of hydrogen-bond acceptors (Lipinski definition) is 5. The Morgan fingerprint density at radius 2 is 2.04 bits per heavy atom. The molecular weight excluding hydrogens is 346 g/mol. The zero-order chi connectivity index (χ0) is 18.9. The fourth-order valence-electron chi connectivity index (χ4n) is 2.36. The quantitative estimate of drug-likeness (QED) is 0.626. The highest BCUT2D eigenvalue weighted by molar-refractivity contribution is 6.32. The molecule has 9 heteroatoms. The van der Waals surface area contributed by atoms with E-state index in [1.165, 1.54) is 0 Å². The van der Waals surface area contributed by atoms with Crippen LogP contribution in [0.4, 0.5) is 4.79 Å². The number of imide groups is 1. The number of benzene rings is 1. The first-order chi connectivity index (χ1) is 11.5. The molecule has 0 bridgehead atoms. The highest BCUT2D eigenvalue weighted by Crippen LogP contribution is 2.27. The van der Waals surface area contributed by atoms with Crippen LogP contribution >= 0.6 is 11.6 Å². The molecule has 0 fully saturated rings. The molecule has 0 aliphatic rings. The SMILES string of the molecule is Cn1ncc2ccc(Cl)c(CC(=O)N(C(=N)N)C(=O)OC(C)(C)C)c21. The minimum absolute atomic E-state index is 0.228. The number of carbonyl (C=O) groups is 2. The second-order valence-electron chi connectivity index (χ2n) is 6.50. The molecule has 0 saturated heterocycles. The molecule has 2 rings (SSSR count). The largest absolute Gasteiger partial charge is 0.443 e. The van der Waals surface area contributed by atoms with Crippen LogP contribution in [-0.2, 0) is 23.0 Å². The van der Waals surface area contributed by atoms with Crippen molar-refractivity contribution >= 4 is 40.5 Å². The molecule has 134 valence electrons. The first-order valence-electron chi connectivity index (χ1n) is 7.50. The van der Waals surface area contributed by atoms with Crippen LogP contribution < -0.4 is 5.73 Å². The number of carbonyl (C=O) groups excluding carboxylic acids is 2. The Bertz CT molecular complexity index is 853. The summed E-state index contributed by atoms with van der Waals surface area (Å²) < 4.78 is 6.73. The lowest BCUT2D eigenvalue weighted by Gasteiger charge is -2.25. The van der Waals surface area contributed by atoms with Gasteiger partial charge in [-0.25, -0.2) is 4.79 Å². The molecule has 2 amide bonds. The summed E-state index contributed by atoms with van der Waals surface area (Å²) in [5.74, 6) is -1.43. The fourth-order valence-corrected chi connectivity index (χ4v) is 2.58. The number of amides is 2. The monoisotopic (exact) mass is 365 g/mol. The van der Waals surface area contributed by atoms with Crippen molar-refractivity contribution in [2.45, 2.75) is 32.8 Å². The smallest absolute Gasteiger partial charge is 0.424 e. The number of nitrogens with zero attached hydrogens (tertiary/aromatic N) is 3. The number of rotatable bonds is 2. The number of nitrogens with two attached hydrogens (primary N) is 1. The van der Waals surface area contributed by atoms with Gasteiger partial charge in [0.15, 0.2) is 0 Å². The summed E-state index contributed by atoms with van der Waals surface area (Å²) in [4.78, 5) is 25.3. The van der Waals surface area contributed by atoms with Gasteiger partial charge in [-0.05, 0) is 32.9 Å². The molecule has 3 N–H and O–H groups in total. The van der Waals surface area contributed by atoms with Gasteiger partial charge in [0.1, 0.15) is 5.60 Å². The zero-order valence-electron chi connectivity index (χ0n) is 14.5. The van der Waals surface area contributed by atoms with Crippen LogP contribution in [0.25, 0.3) is 10.9 Å². The number of fused-ring (bicyclic) bond motifs is 1. The molecule has 8 nitrogen and oxygen atoms in total. The number of halogens is 1. The molecule has 0 spiro atoms. The van der Waals surface area contributed by atoms with E-state index in [4.69, 9.17) is 27.5 Å². The predicted octanol–water partition coefficient (Wildman–Crippen LogP) is 2.43. The number of nitrogens with one attached hydrogen (secondary N) is 1. The molecule has 0 aliphatic heterocycles. The minimum Gasteiger partial charge on any atom is -0.443 e. The van der Waals surface area contributed by atoms with E-state index in [0.29, 0.717) is 21.0 Å². The van der Waals surface area contributed by atoms with Gasteiger partial charge in [0.05, 0.1) is 18.1 Å². The van der Waals surface area contributed by atoms with Crippen LogP contribution in [0.5, 0.6) is 0 Å². The Kier molecular flexibility index (Phi) is 5.03. The number of ether oxygens (including phenoxy) is 1. The van der Waals surface area contributed by atoms with Crippen LogP contribution in [0.2, 0.25) is 5.02 Å². The van der Waals surface area contributed by atoms with Gasteiger partial charge in [0, 0.05) is 23.0 Å². The number of aromatic nitrogens is 2. The molecule has 0 aliphatic carbocycles. The molecule has 0 atom stereocenters. The van der Waals surface area contributed by atoms with Crippen molar-refractivity contribution in [2.24, 2.45) is 12.8 Å². The third-order valence-electron chi connectivity index (χ3n) is 3.34. The van der Waals surface area contributed by atoms with Crippen LogP contribution in [0.15, 0.2) is 18.3 Å². The predicted molar refractivity (Wildman–Crippen MR) is 94.4 cm³/mol. The van der Waals surface area contributed by atoms with Crippen LogP contribution in [0, 0.1) is 5.41 Å². The van der Waals surface area contributed by atoms with E-state index in [1.807, 2.05) is 0 Å². The molecule has 0 radical (unpaired) electrons. The topological polar surface area (TPSA) is 114 Å². The molecule has 1 aromatic heterocycles. The van der Waals surface area contributed by atoms with Gasteiger partial charge < -0.3 is 10.5 Å². The fraction of sp³-hybridized carbons (Fsp3) is 0.375. The van der Waals surface area contributed by atoms with E-state index >= 15 is 0 Å². The zero-order valence-corrected chi connectivity index (χ0v) is 15.2. The van der Waals surface area contributed by atoms with Gasteiger partial charge in [-0.2, -0.15) is 10.00 Å². The second kappa shape index (κ2) is 6.72.